The number of likely N-dealkylation sites (tertiary alicyclic amines) is 1. The van der Waals surface area contributed by atoms with Gasteiger partial charge in [0.1, 0.15) is 0 Å². The Morgan fingerprint density at radius 2 is 1.81 bits per heavy atom. The Morgan fingerprint density at radius 3 is 2.19 bits per heavy atom. The highest BCUT2D eigenvalue weighted by molar-refractivity contribution is 5.81. The maximum Gasteiger partial charge on any atom is 0.239 e. The number of carbonyl (C=O) groups excluding carboxylic acids is 1. The SMILES string of the molecule is CC(C)N1CCC(N(C)C(=O)[C@H](C)N)CC1. The van der Waals surface area contributed by atoms with E-state index < -0.39 is 0 Å². The van der Waals surface area contributed by atoms with Crippen molar-refractivity contribution in [3.8, 4) is 0 Å². The van der Waals surface area contributed by atoms with E-state index in [1.165, 1.54) is 0 Å². The third-order valence-electron chi connectivity index (χ3n) is 3.51. The fraction of sp³-hybridized carbons (Fsp3) is 0.917. The summed E-state index contributed by atoms with van der Waals surface area (Å²) in [6.07, 6.45) is 2.13. The normalized spacial score (nSPS) is 21.1. The van der Waals surface area contributed by atoms with Gasteiger partial charge in [-0.2, -0.15) is 0 Å². The molecule has 1 aliphatic heterocycles. The van der Waals surface area contributed by atoms with E-state index in [4.69, 9.17) is 5.73 Å². The number of hydrogen-bond donors (Lipinski definition) is 1. The number of piperidine rings is 1. The monoisotopic (exact) mass is 227 g/mol. The van der Waals surface area contributed by atoms with Gasteiger partial charge in [0.2, 0.25) is 5.91 Å². The molecule has 16 heavy (non-hydrogen) atoms. The van der Waals surface area contributed by atoms with Crippen LogP contribution in [0.4, 0.5) is 0 Å². The number of hydrogen-bond acceptors (Lipinski definition) is 3. The Bertz CT molecular complexity index is 232. The summed E-state index contributed by atoms with van der Waals surface area (Å²) >= 11 is 0. The van der Waals surface area contributed by atoms with E-state index >= 15 is 0 Å². The molecule has 1 aliphatic rings. The zero-order valence-electron chi connectivity index (χ0n) is 10.9. The Hall–Kier alpha value is -0.610. The fourth-order valence-electron chi connectivity index (χ4n) is 2.29. The molecule has 1 saturated heterocycles. The summed E-state index contributed by atoms with van der Waals surface area (Å²) < 4.78 is 0. The molecule has 1 atom stereocenters. The molecule has 0 aromatic rings. The van der Waals surface area contributed by atoms with Crippen molar-refractivity contribution in [1.82, 2.24) is 9.80 Å². The molecule has 94 valence electrons. The predicted molar refractivity (Wildman–Crippen MR) is 66.2 cm³/mol. The largest absolute Gasteiger partial charge is 0.341 e. The molecule has 4 heteroatoms. The molecule has 0 aliphatic carbocycles. The van der Waals surface area contributed by atoms with Gasteiger partial charge in [-0.05, 0) is 33.6 Å². The van der Waals surface area contributed by atoms with Crippen LogP contribution in [0.5, 0.6) is 0 Å². The van der Waals surface area contributed by atoms with Crippen LogP contribution in [0, 0.1) is 0 Å². The maximum absolute atomic E-state index is 11.7. The molecule has 0 aromatic heterocycles. The number of likely N-dealkylation sites (N-methyl/N-ethyl adjacent to an activating group) is 1. The van der Waals surface area contributed by atoms with Gasteiger partial charge in [-0.25, -0.2) is 0 Å². The number of nitrogens with two attached hydrogens (primary N) is 1. The molecule has 0 spiro atoms. The van der Waals surface area contributed by atoms with E-state index in [0.29, 0.717) is 12.1 Å². The summed E-state index contributed by atoms with van der Waals surface area (Å²) in [6, 6.07) is 0.594. The smallest absolute Gasteiger partial charge is 0.239 e. The van der Waals surface area contributed by atoms with Crippen molar-refractivity contribution >= 4 is 5.91 Å². The minimum atomic E-state index is -0.381. The summed E-state index contributed by atoms with van der Waals surface area (Å²) in [6.45, 7) is 8.36. The number of rotatable bonds is 3. The number of carbonyl (C=O) groups is 1. The van der Waals surface area contributed by atoms with E-state index in [0.717, 1.165) is 25.9 Å². The molecular formula is C12H25N3O. The van der Waals surface area contributed by atoms with Crippen molar-refractivity contribution in [2.24, 2.45) is 5.73 Å². The standard InChI is InChI=1S/C12H25N3O/c1-9(2)15-7-5-11(6-8-15)14(4)12(16)10(3)13/h9-11H,5-8,13H2,1-4H3/t10-/m0/s1. The quantitative estimate of drug-likeness (QED) is 0.771. The van der Waals surface area contributed by atoms with E-state index in [2.05, 4.69) is 18.7 Å². The van der Waals surface area contributed by atoms with Crippen molar-refractivity contribution in [1.29, 1.82) is 0 Å². The van der Waals surface area contributed by atoms with Crippen LogP contribution >= 0.6 is 0 Å². The van der Waals surface area contributed by atoms with Gasteiger partial charge in [0.05, 0.1) is 6.04 Å². The first-order valence-electron chi connectivity index (χ1n) is 6.19. The van der Waals surface area contributed by atoms with Gasteiger partial charge in [0.25, 0.3) is 0 Å². The first-order chi connectivity index (χ1) is 7.43. The molecular weight excluding hydrogens is 202 g/mol. The highest BCUT2D eigenvalue weighted by atomic mass is 16.2. The Labute approximate surface area is 98.8 Å². The topological polar surface area (TPSA) is 49.6 Å². The van der Waals surface area contributed by atoms with Crippen LogP contribution in [-0.4, -0.2) is 54.0 Å². The number of amides is 1. The van der Waals surface area contributed by atoms with Gasteiger partial charge >= 0.3 is 0 Å². The molecule has 4 nitrogen and oxygen atoms in total. The summed E-state index contributed by atoms with van der Waals surface area (Å²) in [5, 5.41) is 0. The summed E-state index contributed by atoms with van der Waals surface area (Å²) in [5.41, 5.74) is 5.62. The van der Waals surface area contributed by atoms with Crippen LogP contribution in [0.15, 0.2) is 0 Å². The van der Waals surface area contributed by atoms with Crippen molar-refractivity contribution in [3.05, 3.63) is 0 Å². The third-order valence-corrected chi connectivity index (χ3v) is 3.51. The lowest BCUT2D eigenvalue weighted by atomic mass is 10.0. The van der Waals surface area contributed by atoms with Crippen LogP contribution in [0.1, 0.15) is 33.6 Å². The molecule has 0 bridgehead atoms. The Morgan fingerprint density at radius 1 is 1.31 bits per heavy atom. The van der Waals surface area contributed by atoms with Gasteiger partial charge in [0, 0.05) is 32.2 Å². The van der Waals surface area contributed by atoms with Gasteiger partial charge in [-0.15, -0.1) is 0 Å². The van der Waals surface area contributed by atoms with E-state index in [9.17, 15) is 4.79 Å². The summed E-state index contributed by atoms with van der Waals surface area (Å²) in [7, 11) is 1.88. The van der Waals surface area contributed by atoms with Crippen molar-refractivity contribution < 1.29 is 4.79 Å². The zero-order chi connectivity index (χ0) is 12.3. The van der Waals surface area contributed by atoms with E-state index in [1.807, 2.05) is 11.9 Å². The first kappa shape index (κ1) is 13.5. The average molecular weight is 227 g/mol. The molecule has 1 amide bonds. The molecule has 1 heterocycles. The maximum atomic E-state index is 11.7. The van der Waals surface area contributed by atoms with Crippen molar-refractivity contribution in [3.63, 3.8) is 0 Å². The first-order valence-corrected chi connectivity index (χ1v) is 6.19. The fourth-order valence-corrected chi connectivity index (χ4v) is 2.29. The van der Waals surface area contributed by atoms with Crippen LogP contribution in [0.3, 0.4) is 0 Å². The lowest BCUT2D eigenvalue weighted by molar-refractivity contribution is -0.133. The minimum absolute atomic E-state index is 0.0583. The lowest BCUT2D eigenvalue weighted by Crippen LogP contribution is -2.50. The Balaban J connectivity index is 2.44. The van der Waals surface area contributed by atoms with Gasteiger partial charge in [-0.1, -0.05) is 0 Å². The van der Waals surface area contributed by atoms with Crippen LogP contribution < -0.4 is 5.73 Å². The van der Waals surface area contributed by atoms with Crippen LogP contribution in [0.25, 0.3) is 0 Å². The summed E-state index contributed by atoms with van der Waals surface area (Å²) in [5.74, 6) is 0.0583. The number of nitrogens with zero attached hydrogens (tertiary/aromatic N) is 2. The second-order valence-electron chi connectivity index (χ2n) is 5.10. The average Bonchev–Trinajstić information content (AvgIpc) is 2.27. The van der Waals surface area contributed by atoms with Gasteiger partial charge in [0.15, 0.2) is 0 Å². The minimum Gasteiger partial charge on any atom is -0.341 e. The van der Waals surface area contributed by atoms with Crippen molar-refractivity contribution in [2.75, 3.05) is 20.1 Å². The molecule has 0 unspecified atom stereocenters. The molecule has 1 rings (SSSR count). The van der Waals surface area contributed by atoms with Crippen LogP contribution in [0.2, 0.25) is 0 Å². The van der Waals surface area contributed by atoms with E-state index in [1.54, 1.807) is 6.92 Å². The highest BCUT2D eigenvalue weighted by Crippen LogP contribution is 2.17. The molecule has 0 aromatic carbocycles. The second-order valence-corrected chi connectivity index (χ2v) is 5.10. The third kappa shape index (κ3) is 3.19. The predicted octanol–water partition coefficient (Wildman–Crippen LogP) is 0.665. The summed E-state index contributed by atoms with van der Waals surface area (Å²) in [4.78, 5) is 16.0. The molecule has 0 radical (unpaired) electrons. The lowest BCUT2D eigenvalue weighted by Gasteiger charge is -2.39. The highest BCUT2D eigenvalue weighted by Gasteiger charge is 2.27. The van der Waals surface area contributed by atoms with Crippen LogP contribution in [-0.2, 0) is 4.79 Å². The van der Waals surface area contributed by atoms with Gasteiger partial charge < -0.3 is 15.5 Å². The van der Waals surface area contributed by atoms with Crippen molar-refractivity contribution in [2.45, 2.75) is 51.7 Å². The van der Waals surface area contributed by atoms with Gasteiger partial charge in [-0.3, -0.25) is 4.79 Å². The molecule has 1 fully saturated rings. The van der Waals surface area contributed by atoms with E-state index in [-0.39, 0.29) is 11.9 Å². The second kappa shape index (κ2) is 5.64. The Kier molecular flexibility index (Phi) is 4.74. The molecule has 2 N–H and O–H groups in total. The molecule has 0 saturated carbocycles. The zero-order valence-corrected chi connectivity index (χ0v) is 10.9.